The monoisotopic (exact) mass is 346 g/mol. The lowest BCUT2D eigenvalue weighted by molar-refractivity contribution is -0.127. The third kappa shape index (κ3) is 4.49. The first-order chi connectivity index (χ1) is 11.4. The molecule has 2 aromatic rings. The molecule has 1 amide bonds. The summed E-state index contributed by atoms with van der Waals surface area (Å²) in [6, 6.07) is 12.0. The molecule has 0 spiro atoms. The number of para-hydroxylation sites is 1. The van der Waals surface area contributed by atoms with Gasteiger partial charge in [-0.15, -0.1) is 0 Å². The molecule has 0 aromatic heterocycles. The fourth-order valence-corrected chi connectivity index (χ4v) is 2.14. The number of hydrogen-bond donors (Lipinski definition) is 2. The Bertz CT molecular complexity index is 775. The van der Waals surface area contributed by atoms with Gasteiger partial charge in [-0.05, 0) is 56.7 Å². The number of ether oxygens (including phenoxy) is 1. The molecule has 1 atom stereocenters. The molecule has 1 unspecified atom stereocenters. The number of phenols is 1. The fraction of sp³-hybridized carbons (Fsp3) is 0.222. The highest BCUT2D eigenvalue weighted by Crippen LogP contribution is 2.22. The Morgan fingerprint density at radius 2 is 2.00 bits per heavy atom. The minimum Gasteiger partial charge on any atom is -0.507 e. The average Bonchev–Trinajstić information content (AvgIpc) is 2.56. The predicted octanol–water partition coefficient (Wildman–Crippen LogP) is 3.66. The van der Waals surface area contributed by atoms with Gasteiger partial charge in [-0.2, -0.15) is 5.10 Å². The molecule has 2 N–H and O–H groups in total. The number of hydrazone groups is 1. The Hall–Kier alpha value is -2.53. The Morgan fingerprint density at radius 3 is 2.67 bits per heavy atom. The predicted molar refractivity (Wildman–Crippen MR) is 94.7 cm³/mol. The van der Waals surface area contributed by atoms with Crippen molar-refractivity contribution in [2.24, 2.45) is 5.10 Å². The molecule has 0 fully saturated rings. The average molecular weight is 347 g/mol. The van der Waals surface area contributed by atoms with E-state index in [-0.39, 0.29) is 5.75 Å². The molecule has 126 valence electrons. The zero-order valence-corrected chi connectivity index (χ0v) is 14.5. The number of carbonyl (C=O) groups is 1. The van der Waals surface area contributed by atoms with Crippen LogP contribution in [0.1, 0.15) is 25.0 Å². The summed E-state index contributed by atoms with van der Waals surface area (Å²) >= 11 is 5.96. The molecule has 0 aliphatic heterocycles. The van der Waals surface area contributed by atoms with Gasteiger partial charge in [-0.3, -0.25) is 4.79 Å². The number of aromatic hydroxyl groups is 1. The molecule has 0 aliphatic rings. The third-order valence-electron chi connectivity index (χ3n) is 3.44. The number of halogens is 1. The SMILES string of the molecule is C/C(=N\NC(=O)C(C)Oc1ccc(Cl)c(C)c1)c1ccccc1O. The summed E-state index contributed by atoms with van der Waals surface area (Å²) in [5, 5.41) is 14.4. The van der Waals surface area contributed by atoms with Crippen molar-refractivity contribution in [1.82, 2.24) is 5.43 Å². The van der Waals surface area contributed by atoms with E-state index in [0.717, 1.165) is 5.56 Å². The maximum absolute atomic E-state index is 12.1. The first-order valence-electron chi connectivity index (χ1n) is 7.44. The number of aryl methyl sites for hydroxylation is 1. The van der Waals surface area contributed by atoms with Crippen molar-refractivity contribution in [3.8, 4) is 11.5 Å². The van der Waals surface area contributed by atoms with E-state index in [1.54, 1.807) is 56.3 Å². The van der Waals surface area contributed by atoms with Crippen LogP contribution < -0.4 is 10.2 Å². The first kappa shape index (κ1) is 17.8. The quantitative estimate of drug-likeness (QED) is 0.641. The maximum atomic E-state index is 12.1. The van der Waals surface area contributed by atoms with E-state index in [9.17, 15) is 9.90 Å². The molecule has 6 heteroatoms. The highest BCUT2D eigenvalue weighted by molar-refractivity contribution is 6.31. The largest absolute Gasteiger partial charge is 0.507 e. The van der Waals surface area contributed by atoms with Gasteiger partial charge in [0.2, 0.25) is 0 Å². The molecule has 0 saturated heterocycles. The lowest BCUT2D eigenvalue weighted by Gasteiger charge is -2.14. The van der Waals surface area contributed by atoms with Crippen molar-refractivity contribution in [2.45, 2.75) is 26.9 Å². The van der Waals surface area contributed by atoms with Gasteiger partial charge >= 0.3 is 0 Å². The summed E-state index contributed by atoms with van der Waals surface area (Å²) in [5.41, 5.74) is 4.36. The van der Waals surface area contributed by atoms with Crippen LogP contribution >= 0.6 is 11.6 Å². The molecular formula is C18H19ClN2O3. The summed E-state index contributed by atoms with van der Waals surface area (Å²) in [6.07, 6.45) is -0.730. The standard InChI is InChI=1S/C18H19ClN2O3/c1-11-10-14(8-9-16(11)19)24-13(3)18(23)21-20-12(2)15-6-4-5-7-17(15)22/h4-10,13,22H,1-3H3,(H,21,23)/b20-12+. The second-order valence-corrected chi connectivity index (χ2v) is 5.77. The smallest absolute Gasteiger partial charge is 0.280 e. The Labute approximate surface area is 145 Å². The molecule has 0 saturated carbocycles. The molecule has 0 radical (unpaired) electrons. The second-order valence-electron chi connectivity index (χ2n) is 5.36. The first-order valence-corrected chi connectivity index (χ1v) is 7.81. The molecular weight excluding hydrogens is 328 g/mol. The van der Waals surface area contributed by atoms with Gasteiger partial charge in [0.1, 0.15) is 11.5 Å². The van der Waals surface area contributed by atoms with Crippen LogP contribution in [0.2, 0.25) is 5.02 Å². The van der Waals surface area contributed by atoms with Crippen LogP contribution in [-0.2, 0) is 4.79 Å². The van der Waals surface area contributed by atoms with E-state index in [4.69, 9.17) is 16.3 Å². The minimum atomic E-state index is -0.730. The number of nitrogens with zero attached hydrogens (tertiary/aromatic N) is 1. The van der Waals surface area contributed by atoms with Gasteiger partial charge in [0.05, 0.1) is 5.71 Å². The van der Waals surface area contributed by atoms with Gasteiger partial charge in [0.25, 0.3) is 5.91 Å². The number of amides is 1. The van der Waals surface area contributed by atoms with Crippen molar-refractivity contribution in [3.63, 3.8) is 0 Å². The lowest BCUT2D eigenvalue weighted by Crippen LogP contribution is -2.34. The highest BCUT2D eigenvalue weighted by Gasteiger charge is 2.15. The highest BCUT2D eigenvalue weighted by atomic mass is 35.5. The van der Waals surface area contributed by atoms with Gasteiger partial charge in [-0.1, -0.05) is 23.7 Å². The normalized spacial score (nSPS) is 12.6. The molecule has 0 bridgehead atoms. The van der Waals surface area contributed by atoms with E-state index in [0.29, 0.717) is 22.0 Å². The number of carbonyl (C=O) groups excluding carboxylic acids is 1. The summed E-state index contributed by atoms with van der Waals surface area (Å²) in [6.45, 7) is 5.19. The summed E-state index contributed by atoms with van der Waals surface area (Å²) in [5.74, 6) is 0.271. The molecule has 2 aromatic carbocycles. The Morgan fingerprint density at radius 1 is 1.29 bits per heavy atom. The number of phenolic OH excluding ortho intramolecular Hbond substituents is 1. The van der Waals surface area contributed by atoms with E-state index in [2.05, 4.69) is 10.5 Å². The van der Waals surface area contributed by atoms with E-state index < -0.39 is 12.0 Å². The summed E-state index contributed by atoms with van der Waals surface area (Å²) < 4.78 is 5.58. The Balaban J connectivity index is 1.99. The van der Waals surface area contributed by atoms with Crippen molar-refractivity contribution < 1.29 is 14.6 Å². The fourth-order valence-electron chi connectivity index (χ4n) is 2.02. The molecule has 2 rings (SSSR count). The van der Waals surface area contributed by atoms with E-state index in [1.807, 2.05) is 6.92 Å². The topological polar surface area (TPSA) is 70.9 Å². The van der Waals surface area contributed by atoms with E-state index >= 15 is 0 Å². The second kappa shape index (κ2) is 7.84. The van der Waals surface area contributed by atoms with Crippen molar-refractivity contribution in [3.05, 3.63) is 58.6 Å². The van der Waals surface area contributed by atoms with Gasteiger partial charge in [-0.25, -0.2) is 5.43 Å². The van der Waals surface area contributed by atoms with Crippen LogP contribution in [0, 0.1) is 6.92 Å². The van der Waals surface area contributed by atoms with Crippen molar-refractivity contribution in [1.29, 1.82) is 0 Å². The van der Waals surface area contributed by atoms with Crippen LogP contribution in [0.5, 0.6) is 11.5 Å². The lowest BCUT2D eigenvalue weighted by atomic mass is 10.1. The number of rotatable bonds is 5. The van der Waals surface area contributed by atoms with Crippen LogP contribution in [-0.4, -0.2) is 22.8 Å². The van der Waals surface area contributed by atoms with Crippen LogP contribution in [0.4, 0.5) is 0 Å². The van der Waals surface area contributed by atoms with E-state index in [1.165, 1.54) is 0 Å². The zero-order valence-electron chi connectivity index (χ0n) is 13.7. The summed E-state index contributed by atoms with van der Waals surface area (Å²) in [4.78, 5) is 12.1. The Kier molecular flexibility index (Phi) is 5.82. The van der Waals surface area contributed by atoms with Gasteiger partial charge in [0, 0.05) is 10.6 Å². The number of nitrogens with one attached hydrogen (secondary N) is 1. The molecule has 24 heavy (non-hydrogen) atoms. The van der Waals surface area contributed by atoms with Crippen molar-refractivity contribution in [2.75, 3.05) is 0 Å². The minimum absolute atomic E-state index is 0.105. The van der Waals surface area contributed by atoms with Gasteiger partial charge < -0.3 is 9.84 Å². The van der Waals surface area contributed by atoms with Crippen LogP contribution in [0.3, 0.4) is 0 Å². The maximum Gasteiger partial charge on any atom is 0.280 e. The zero-order chi connectivity index (χ0) is 17.7. The molecule has 0 aliphatic carbocycles. The molecule has 0 heterocycles. The number of benzene rings is 2. The number of hydrogen-bond acceptors (Lipinski definition) is 4. The van der Waals surface area contributed by atoms with Gasteiger partial charge in [0.15, 0.2) is 6.10 Å². The molecule has 5 nitrogen and oxygen atoms in total. The van der Waals surface area contributed by atoms with Crippen molar-refractivity contribution >= 4 is 23.2 Å². The van der Waals surface area contributed by atoms with Crippen LogP contribution in [0.15, 0.2) is 47.6 Å². The van der Waals surface area contributed by atoms with Crippen LogP contribution in [0.25, 0.3) is 0 Å². The third-order valence-corrected chi connectivity index (χ3v) is 3.86. The summed E-state index contributed by atoms with van der Waals surface area (Å²) in [7, 11) is 0.